The van der Waals surface area contributed by atoms with Gasteiger partial charge >= 0.3 is 0 Å². The average molecular weight is 193 g/mol. The molecule has 0 spiro atoms. The lowest BCUT2D eigenvalue weighted by atomic mass is 10.1. The van der Waals surface area contributed by atoms with Gasteiger partial charge in [0.2, 0.25) is 0 Å². The summed E-state index contributed by atoms with van der Waals surface area (Å²) < 4.78 is 30.4. The number of alkyl halides is 2. The van der Waals surface area contributed by atoms with Gasteiger partial charge in [0.15, 0.2) is 0 Å². The van der Waals surface area contributed by atoms with E-state index in [1.165, 1.54) is 0 Å². The summed E-state index contributed by atoms with van der Waals surface area (Å²) in [4.78, 5) is 1.80. The van der Waals surface area contributed by atoms with E-state index in [1.807, 2.05) is 0 Å². The Kier molecular flexibility index (Phi) is 3.62. The standard InChI is InChI=1S/C9H17F2NO/c1-9(10,11)7-12-5-3-8(13-2)4-6-12/h8H,3-7H2,1-2H3. The molecule has 13 heavy (non-hydrogen) atoms. The summed E-state index contributed by atoms with van der Waals surface area (Å²) in [6, 6.07) is 0. The molecule has 1 heterocycles. The van der Waals surface area contributed by atoms with Crippen molar-refractivity contribution in [2.75, 3.05) is 26.7 Å². The topological polar surface area (TPSA) is 12.5 Å². The Hall–Kier alpha value is -0.220. The number of nitrogens with zero attached hydrogens (tertiary/aromatic N) is 1. The van der Waals surface area contributed by atoms with Crippen LogP contribution in [0.4, 0.5) is 8.78 Å². The molecule has 0 N–H and O–H groups in total. The minimum absolute atomic E-state index is 0.122. The second-order valence-electron chi connectivity index (χ2n) is 3.78. The summed E-state index contributed by atoms with van der Waals surface area (Å²) in [5, 5.41) is 0. The number of hydrogen-bond acceptors (Lipinski definition) is 2. The molecule has 1 aliphatic rings. The number of rotatable bonds is 3. The Balaban J connectivity index is 2.25. The molecule has 1 saturated heterocycles. The molecule has 1 aliphatic heterocycles. The fraction of sp³-hybridized carbons (Fsp3) is 1.00. The molecule has 1 rings (SSSR count). The van der Waals surface area contributed by atoms with E-state index in [-0.39, 0.29) is 12.6 Å². The number of piperidine rings is 1. The van der Waals surface area contributed by atoms with Crippen LogP contribution < -0.4 is 0 Å². The molecule has 4 heteroatoms. The summed E-state index contributed by atoms with van der Waals surface area (Å²) in [6.45, 7) is 2.29. The van der Waals surface area contributed by atoms with Gasteiger partial charge in [0.25, 0.3) is 5.92 Å². The van der Waals surface area contributed by atoms with Crippen LogP contribution in [-0.4, -0.2) is 43.7 Å². The molecule has 0 atom stereocenters. The summed E-state index contributed by atoms with van der Waals surface area (Å²) in [5.74, 6) is -2.57. The Bertz CT molecular complexity index is 150. The number of halogens is 2. The first-order valence-electron chi connectivity index (χ1n) is 4.64. The quantitative estimate of drug-likeness (QED) is 0.677. The van der Waals surface area contributed by atoms with Crippen LogP contribution in [0.3, 0.4) is 0 Å². The molecule has 0 radical (unpaired) electrons. The highest BCUT2D eigenvalue weighted by Gasteiger charge is 2.27. The molecule has 0 aromatic carbocycles. The number of hydrogen-bond donors (Lipinski definition) is 0. The molecule has 1 fully saturated rings. The lowest BCUT2D eigenvalue weighted by Crippen LogP contribution is -2.42. The molecule has 0 aliphatic carbocycles. The maximum atomic E-state index is 12.6. The molecule has 2 nitrogen and oxygen atoms in total. The van der Waals surface area contributed by atoms with Crippen LogP contribution in [0.5, 0.6) is 0 Å². The Morgan fingerprint density at radius 1 is 1.38 bits per heavy atom. The van der Waals surface area contributed by atoms with E-state index in [2.05, 4.69) is 0 Å². The van der Waals surface area contributed by atoms with Gasteiger partial charge in [-0.15, -0.1) is 0 Å². The van der Waals surface area contributed by atoms with E-state index in [9.17, 15) is 8.78 Å². The average Bonchev–Trinajstić information content (AvgIpc) is 2.03. The normalized spacial score (nSPS) is 22.2. The van der Waals surface area contributed by atoms with Gasteiger partial charge < -0.3 is 4.74 Å². The van der Waals surface area contributed by atoms with E-state index in [4.69, 9.17) is 4.74 Å². The zero-order valence-corrected chi connectivity index (χ0v) is 8.22. The SMILES string of the molecule is COC1CCN(CC(C)(F)F)CC1. The predicted molar refractivity (Wildman–Crippen MR) is 47.1 cm³/mol. The lowest BCUT2D eigenvalue weighted by molar-refractivity contribution is -0.0350. The fourth-order valence-electron chi connectivity index (χ4n) is 1.70. The fourth-order valence-corrected chi connectivity index (χ4v) is 1.70. The smallest absolute Gasteiger partial charge is 0.257 e. The van der Waals surface area contributed by atoms with Crippen LogP contribution in [0, 0.1) is 0 Å². The summed E-state index contributed by atoms with van der Waals surface area (Å²) in [7, 11) is 1.68. The highest BCUT2D eigenvalue weighted by molar-refractivity contribution is 4.75. The molecule has 0 aromatic rings. The van der Waals surface area contributed by atoms with Crippen molar-refractivity contribution in [2.45, 2.75) is 31.8 Å². The molecular weight excluding hydrogens is 176 g/mol. The van der Waals surface area contributed by atoms with Crippen molar-refractivity contribution < 1.29 is 13.5 Å². The van der Waals surface area contributed by atoms with E-state index in [0.717, 1.165) is 32.9 Å². The van der Waals surface area contributed by atoms with Crippen molar-refractivity contribution in [3.63, 3.8) is 0 Å². The number of methoxy groups -OCH3 is 1. The van der Waals surface area contributed by atoms with Crippen molar-refractivity contribution in [1.29, 1.82) is 0 Å². The first-order valence-corrected chi connectivity index (χ1v) is 4.64. The van der Waals surface area contributed by atoms with E-state index in [1.54, 1.807) is 12.0 Å². The number of likely N-dealkylation sites (tertiary alicyclic amines) is 1. The molecule has 0 unspecified atom stereocenters. The van der Waals surface area contributed by atoms with Crippen LogP contribution in [0.2, 0.25) is 0 Å². The molecule has 78 valence electrons. The number of ether oxygens (including phenoxy) is 1. The first kappa shape index (κ1) is 10.9. The zero-order chi connectivity index (χ0) is 9.90. The third kappa shape index (κ3) is 4.00. The van der Waals surface area contributed by atoms with Gasteiger partial charge in [-0.05, 0) is 12.8 Å². The van der Waals surface area contributed by atoms with Gasteiger partial charge in [-0.1, -0.05) is 0 Å². The van der Waals surface area contributed by atoms with Gasteiger partial charge in [-0.3, -0.25) is 4.90 Å². The van der Waals surface area contributed by atoms with E-state index < -0.39 is 5.92 Å². The van der Waals surface area contributed by atoms with E-state index in [0.29, 0.717) is 0 Å². The Morgan fingerprint density at radius 2 is 1.92 bits per heavy atom. The van der Waals surface area contributed by atoms with Crippen LogP contribution in [0.25, 0.3) is 0 Å². The Labute approximate surface area is 77.9 Å². The monoisotopic (exact) mass is 193 g/mol. The van der Waals surface area contributed by atoms with Gasteiger partial charge in [0, 0.05) is 27.1 Å². The van der Waals surface area contributed by atoms with Crippen molar-refractivity contribution in [1.82, 2.24) is 4.90 Å². The molecule has 0 amide bonds. The highest BCUT2D eigenvalue weighted by Crippen LogP contribution is 2.18. The molecule has 0 aromatic heterocycles. The minimum atomic E-state index is -2.57. The third-order valence-corrected chi connectivity index (χ3v) is 2.37. The second kappa shape index (κ2) is 4.33. The van der Waals surface area contributed by atoms with Crippen LogP contribution in [-0.2, 0) is 4.74 Å². The maximum absolute atomic E-state index is 12.6. The largest absolute Gasteiger partial charge is 0.381 e. The van der Waals surface area contributed by atoms with Crippen molar-refractivity contribution in [2.24, 2.45) is 0 Å². The Morgan fingerprint density at radius 3 is 2.31 bits per heavy atom. The second-order valence-corrected chi connectivity index (χ2v) is 3.78. The third-order valence-electron chi connectivity index (χ3n) is 2.37. The van der Waals surface area contributed by atoms with Crippen molar-refractivity contribution in [3.8, 4) is 0 Å². The van der Waals surface area contributed by atoms with Gasteiger partial charge in [-0.25, -0.2) is 8.78 Å². The predicted octanol–water partition coefficient (Wildman–Crippen LogP) is 1.75. The van der Waals surface area contributed by atoms with Crippen LogP contribution in [0.15, 0.2) is 0 Å². The highest BCUT2D eigenvalue weighted by atomic mass is 19.3. The summed E-state index contributed by atoms with van der Waals surface area (Å²) >= 11 is 0. The lowest BCUT2D eigenvalue weighted by Gasteiger charge is -2.32. The van der Waals surface area contributed by atoms with Gasteiger partial charge in [0.05, 0.1) is 12.6 Å². The van der Waals surface area contributed by atoms with Gasteiger partial charge in [-0.2, -0.15) is 0 Å². The summed E-state index contributed by atoms with van der Waals surface area (Å²) in [6.07, 6.45) is 2.00. The van der Waals surface area contributed by atoms with Crippen LogP contribution >= 0.6 is 0 Å². The first-order chi connectivity index (χ1) is 6.01. The van der Waals surface area contributed by atoms with Crippen LogP contribution in [0.1, 0.15) is 19.8 Å². The van der Waals surface area contributed by atoms with Crippen molar-refractivity contribution >= 4 is 0 Å². The summed E-state index contributed by atoms with van der Waals surface area (Å²) in [5.41, 5.74) is 0. The van der Waals surface area contributed by atoms with E-state index >= 15 is 0 Å². The maximum Gasteiger partial charge on any atom is 0.257 e. The molecular formula is C9H17F2NO. The van der Waals surface area contributed by atoms with Crippen molar-refractivity contribution in [3.05, 3.63) is 0 Å². The molecule has 0 bridgehead atoms. The molecule has 0 saturated carbocycles. The zero-order valence-electron chi connectivity index (χ0n) is 8.22. The van der Waals surface area contributed by atoms with Gasteiger partial charge in [0.1, 0.15) is 0 Å². The minimum Gasteiger partial charge on any atom is -0.381 e.